The summed E-state index contributed by atoms with van der Waals surface area (Å²) < 4.78 is 0. The molecule has 5 heteroatoms. The van der Waals surface area contributed by atoms with Gasteiger partial charge in [-0.2, -0.15) is 0 Å². The first-order valence-corrected chi connectivity index (χ1v) is 6.01. The van der Waals surface area contributed by atoms with Gasteiger partial charge in [0.25, 0.3) is 0 Å². The van der Waals surface area contributed by atoms with Crippen LogP contribution < -0.4 is 11.1 Å². The molecule has 1 amide bonds. The Morgan fingerprint density at radius 2 is 2.11 bits per heavy atom. The molecule has 19 heavy (non-hydrogen) atoms. The first-order chi connectivity index (χ1) is 9.06. The molecule has 1 rings (SSSR count). The van der Waals surface area contributed by atoms with Crippen LogP contribution in [0.1, 0.15) is 22.3 Å². The van der Waals surface area contributed by atoms with Crippen molar-refractivity contribution in [1.29, 1.82) is 0 Å². The summed E-state index contributed by atoms with van der Waals surface area (Å²) in [6.45, 7) is 3.87. The molecule has 1 atom stereocenters. The molecule has 4 N–H and O–H groups in total. The zero-order chi connectivity index (χ0) is 14.3. The van der Waals surface area contributed by atoms with E-state index in [1.807, 2.05) is 0 Å². The van der Waals surface area contributed by atoms with Crippen LogP contribution in [0.15, 0.2) is 36.9 Å². The highest BCUT2D eigenvalue weighted by Crippen LogP contribution is 2.08. The Morgan fingerprint density at radius 1 is 1.42 bits per heavy atom. The van der Waals surface area contributed by atoms with Gasteiger partial charge in [-0.25, -0.2) is 4.79 Å². The van der Waals surface area contributed by atoms with Crippen LogP contribution >= 0.6 is 0 Å². The Labute approximate surface area is 112 Å². The van der Waals surface area contributed by atoms with Gasteiger partial charge in [0, 0.05) is 6.54 Å². The molecule has 0 aromatic heterocycles. The van der Waals surface area contributed by atoms with Gasteiger partial charge in [0.1, 0.15) is 0 Å². The highest BCUT2D eigenvalue weighted by atomic mass is 16.4. The topological polar surface area (TPSA) is 92.4 Å². The van der Waals surface area contributed by atoms with E-state index in [9.17, 15) is 9.59 Å². The monoisotopic (exact) mass is 262 g/mol. The average Bonchev–Trinajstić information content (AvgIpc) is 2.39. The number of rotatable bonds is 7. The number of carboxylic acids is 1. The number of amides is 1. The van der Waals surface area contributed by atoms with Crippen LogP contribution in [0.3, 0.4) is 0 Å². The predicted molar refractivity (Wildman–Crippen MR) is 72.9 cm³/mol. The number of nitrogens with two attached hydrogens (primary N) is 1. The van der Waals surface area contributed by atoms with Crippen LogP contribution in [0.2, 0.25) is 0 Å². The Balaban J connectivity index is 2.52. The second-order valence-electron chi connectivity index (χ2n) is 4.13. The fraction of sp³-hybridized carbons (Fsp3) is 0.286. The van der Waals surface area contributed by atoms with Crippen molar-refractivity contribution in [3.05, 3.63) is 48.0 Å². The largest absolute Gasteiger partial charge is 0.478 e. The lowest BCUT2D eigenvalue weighted by Gasteiger charge is -2.11. The van der Waals surface area contributed by atoms with Crippen LogP contribution in [-0.4, -0.2) is 29.6 Å². The maximum absolute atomic E-state index is 11.5. The van der Waals surface area contributed by atoms with Gasteiger partial charge in [0.2, 0.25) is 5.91 Å². The molecule has 0 radical (unpaired) electrons. The van der Waals surface area contributed by atoms with E-state index in [2.05, 4.69) is 11.9 Å². The molecule has 0 bridgehead atoms. The lowest BCUT2D eigenvalue weighted by atomic mass is 10.0. The van der Waals surface area contributed by atoms with Gasteiger partial charge in [-0.15, -0.1) is 6.58 Å². The van der Waals surface area contributed by atoms with Gasteiger partial charge >= 0.3 is 5.97 Å². The van der Waals surface area contributed by atoms with E-state index in [1.165, 1.54) is 0 Å². The number of nitrogens with one attached hydrogen (secondary N) is 1. The van der Waals surface area contributed by atoms with Gasteiger partial charge in [0.15, 0.2) is 0 Å². The molecule has 0 saturated heterocycles. The lowest BCUT2D eigenvalue weighted by Crippen LogP contribution is -2.41. The second kappa shape index (κ2) is 7.33. The third-order valence-electron chi connectivity index (χ3n) is 2.70. The molecule has 0 spiro atoms. The van der Waals surface area contributed by atoms with Crippen molar-refractivity contribution in [3.8, 4) is 0 Å². The molecular formula is C14H18N2O3. The number of benzene rings is 1. The zero-order valence-electron chi connectivity index (χ0n) is 10.6. The minimum Gasteiger partial charge on any atom is -0.478 e. The minimum atomic E-state index is -0.967. The third-order valence-corrected chi connectivity index (χ3v) is 2.70. The van der Waals surface area contributed by atoms with Crippen molar-refractivity contribution < 1.29 is 14.7 Å². The van der Waals surface area contributed by atoms with Crippen molar-refractivity contribution in [2.45, 2.75) is 18.9 Å². The van der Waals surface area contributed by atoms with E-state index < -0.39 is 12.0 Å². The summed E-state index contributed by atoms with van der Waals surface area (Å²) >= 11 is 0. The average molecular weight is 262 g/mol. The molecule has 5 nitrogen and oxygen atoms in total. The van der Waals surface area contributed by atoms with Gasteiger partial charge in [-0.05, 0) is 24.5 Å². The van der Waals surface area contributed by atoms with Gasteiger partial charge < -0.3 is 16.2 Å². The van der Waals surface area contributed by atoms with Crippen LogP contribution in [0.5, 0.6) is 0 Å². The molecule has 0 saturated carbocycles. The van der Waals surface area contributed by atoms with Crippen LogP contribution in [-0.2, 0) is 11.2 Å². The number of carboxylic acid groups (broad SMARTS) is 1. The van der Waals surface area contributed by atoms with E-state index in [4.69, 9.17) is 10.8 Å². The number of aromatic carboxylic acids is 1. The Kier molecular flexibility index (Phi) is 5.75. The molecule has 0 aliphatic heterocycles. The molecule has 1 aromatic carbocycles. The van der Waals surface area contributed by atoms with Crippen molar-refractivity contribution in [1.82, 2.24) is 5.32 Å². The molecule has 1 unspecified atom stereocenters. The van der Waals surface area contributed by atoms with Gasteiger partial charge in [-0.3, -0.25) is 4.79 Å². The van der Waals surface area contributed by atoms with E-state index in [0.717, 1.165) is 0 Å². The van der Waals surface area contributed by atoms with Crippen molar-refractivity contribution in [3.63, 3.8) is 0 Å². The number of hydrogen-bond acceptors (Lipinski definition) is 3. The first-order valence-electron chi connectivity index (χ1n) is 6.01. The summed E-state index contributed by atoms with van der Waals surface area (Å²) in [6, 6.07) is 6.12. The summed E-state index contributed by atoms with van der Waals surface area (Å²) in [6.07, 6.45) is 2.45. The van der Waals surface area contributed by atoms with Crippen LogP contribution in [0.4, 0.5) is 0 Å². The van der Waals surface area contributed by atoms with Gasteiger partial charge in [0.05, 0.1) is 11.6 Å². The van der Waals surface area contributed by atoms with Crippen LogP contribution in [0, 0.1) is 0 Å². The highest BCUT2D eigenvalue weighted by Gasteiger charge is 2.12. The summed E-state index contributed by atoms with van der Waals surface area (Å²) in [5.41, 5.74) is 6.55. The van der Waals surface area contributed by atoms with Crippen molar-refractivity contribution >= 4 is 11.9 Å². The summed E-state index contributed by atoms with van der Waals surface area (Å²) in [5.74, 6) is -1.22. The summed E-state index contributed by atoms with van der Waals surface area (Å²) in [4.78, 5) is 22.5. The standard InChI is InChI=1S/C14H18N2O3/c1-2-5-12(15)13(17)16-9-8-10-6-3-4-7-11(10)14(18)19/h2-4,6-7,12H,1,5,8-9,15H2,(H,16,17)(H,18,19). The Morgan fingerprint density at radius 3 is 2.74 bits per heavy atom. The lowest BCUT2D eigenvalue weighted by molar-refractivity contribution is -0.122. The first kappa shape index (κ1) is 14.9. The van der Waals surface area contributed by atoms with E-state index in [1.54, 1.807) is 30.3 Å². The molecule has 0 fully saturated rings. The van der Waals surface area contributed by atoms with Crippen molar-refractivity contribution in [2.75, 3.05) is 6.54 Å². The predicted octanol–water partition coefficient (Wildman–Crippen LogP) is 0.947. The number of carbonyl (C=O) groups excluding carboxylic acids is 1. The zero-order valence-corrected chi connectivity index (χ0v) is 10.6. The molecule has 1 aromatic rings. The number of carbonyl (C=O) groups is 2. The summed E-state index contributed by atoms with van der Waals surface area (Å²) in [5, 5.41) is 11.7. The van der Waals surface area contributed by atoms with E-state index >= 15 is 0 Å². The highest BCUT2D eigenvalue weighted by molar-refractivity contribution is 5.89. The maximum atomic E-state index is 11.5. The van der Waals surface area contributed by atoms with Crippen molar-refractivity contribution in [2.24, 2.45) is 5.73 Å². The fourth-order valence-electron chi connectivity index (χ4n) is 1.69. The third kappa shape index (κ3) is 4.56. The normalized spacial score (nSPS) is 11.6. The number of hydrogen-bond donors (Lipinski definition) is 3. The quantitative estimate of drug-likeness (QED) is 0.638. The molecule has 102 valence electrons. The van der Waals surface area contributed by atoms with E-state index in [-0.39, 0.29) is 11.5 Å². The maximum Gasteiger partial charge on any atom is 0.335 e. The molecule has 0 aliphatic rings. The Bertz CT molecular complexity index is 472. The van der Waals surface area contributed by atoms with Crippen LogP contribution in [0.25, 0.3) is 0 Å². The molecular weight excluding hydrogens is 244 g/mol. The Hall–Kier alpha value is -2.14. The molecule has 0 heterocycles. The summed E-state index contributed by atoms with van der Waals surface area (Å²) in [7, 11) is 0. The smallest absolute Gasteiger partial charge is 0.335 e. The van der Waals surface area contributed by atoms with E-state index in [0.29, 0.717) is 24.9 Å². The van der Waals surface area contributed by atoms with Gasteiger partial charge in [-0.1, -0.05) is 24.3 Å². The SMILES string of the molecule is C=CCC(N)C(=O)NCCc1ccccc1C(=O)O. The molecule has 0 aliphatic carbocycles. The fourth-order valence-corrected chi connectivity index (χ4v) is 1.69. The second-order valence-corrected chi connectivity index (χ2v) is 4.13. The minimum absolute atomic E-state index is 0.257.